The molecule has 0 saturated heterocycles. The van der Waals surface area contributed by atoms with E-state index >= 15 is 0 Å². The highest BCUT2D eigenvalue weighted by Gasteiger charge is 2.06. The highest BCUT2D eigenvalue weighted by molar-refractivity contribution is 9.10. The Kier molecular flexibility index (Phi) is 4.94. The number of nitrogens with two attached hydrogens (primary N) is 1. The van der Waals surface area contributed by atoms with E-state index < -0.39 is 0 Å². The Morgan fingerprint density at radius 1 is 1.24 bits per heavy atom. The maximum Gasteiger partial charge on any atom is 0.255 e. The predicted molar refractivity (Wildman–Crippen MR) is 85.7 cm³/mol. The van der Waals surface area contributed by atoms with Crippen molar-refractivity contribution in [2.24, 2.45) is 10.9 Å². The third-order valence-electron chi connectivity index (χ3n) is 2.81. The van der Waals surface area contributed by atoms with Crippen LogP contribution in [-0.2, 0) is 6.42 Å². The van der Waals surface area contributed by atoms with Crippen LogP contribution in [0.5, 0.6) is 0 Å². The van der Waals surface area contributed by atoms with E-state index in [1.165, 1.54) is 0 Å². The van der Waals surface area contributed by atoms with Crippen molar-refractivity contribution in [3.63, 3.8) is 0 Å². The minimum Gasteiger partial charge on any atom is -0.409 e. The Hall–Kier alpha value is -2.34. The van der Waals surface area contributed by atoms with Crippen molar-refractivity contribution in [3.05, 3.63) is 64.1 Å². The lowest BCUT2D eigenvalue weighted by Crippen LogP contribution is -2.15. The lowest BCUT2D eigenvalue weighted by atomic mass is 10.1. The van der Waals surface area contributed by atoms with Crippen LogP contribution in [-0.4, -0.2) is 17.0 Å². The molecule has 4 N–H and O–H groups in total. The molecule has 5 nitrogen and oxygen atoms in total. The Labute approximate surface area is 130 Å². The molecule has 108 valence electrons. The molecule has 0 aromatic heterocycles. The molecule has 0 fully saturated rings. The average Bonchev–Trinajstić information content (AvgIpc) is 2.49. The number of nitrogens with zero attached hydrogens (tertiary/aromatic N) is 1. The van der Waals surface area contributed by atoms with E-state index in [-0.39, 0.29) is 11.7 Å². The van der Waals surface area contributed by atoms with Crippen LogP contribution in [0.2, 0.25) is 0 Å². The van der Waals surface area contributed by atoms with Crippen molar-refractivity contribution < 1.29 is 10.0 Å². The topological polar surface area (TPSA) is 87.7 Å². The molecule has 6 heteroatoms. The monoisotopic (exact) mass is 347 g/mol. The summed E-state index contributed by atoms with van der Waals surface area (Å²) >= 11 is 3.33. The second-order valence-corrected chi connectivity index (χ2v) is 5.35. The largest absolute Gasteiger partial charge is 0.409 e. The zero-order valence-corrected chi connectivity index (χ0v) is 12.7. The van der Waals surface area contributed by atoms with Gasteiger partial charge in [0, 0.05) is 22.1 Å². The number of amidine groups is 1. The number of halogens is 1. The Bertz CT molecular complexity index is 669. The number of hydrogen-bond donors (Lipinski definition) is 3. The lowest BCUT2D eigenvalue weighted by molar-refractivity contribution is 0.102. The molecule has 0 aliphatic rings. The van der Waals surface area contributed by atoms with Gasteiger partial charge < -0.3 is 16.3 Å². The number of anilines is 1. The molecule has 2 aromatic rings. The number of hydrogen-bond acceptors (Lipinski definition) is 3. The molecule has 0 aliphatic carbocycles. The molecule has 2 rings (SSSR count). The quantitative estimate of drug-likeness (QED) is 0.344. The van der Waals surface area contributed by atoms with Gasteiger partial charge in [-0.05, 0) is 35.9 Å². The van der Waals surface area contributed by atoms with Crippen LogP contribution in [0.15, 0.2) is 58.2 Å². The molecule has 1 amide bonds. The minimum absolute atomic E-state index is 0.140. The Balaban J connectivity index is 2.05. The predicted octanol–water partition coefficient (Wildman–Crippen LogP) is 2.99. The fourth-order valence-electron chi connectivity index (χ4n) is 1.78. The van der Waals surface area contributed by atoms with Gasteiger partial charge in [-0.2, -0.15) is 0 Å². The summed E-state index contributed by atoms with van der Waals surface area (Å²) in [6, 6.07) is 14.3. The van der Waals surface area contributed by atoms with Crippen LogP contribution in [0.1, 0.15) is 15.9 Å². The van der Waals surface area contributed by atoms with Gasteiger partial charge in [0.1, 0.15) is 5.84 Å². The summed E-state index contributed by atoms with van der Waals surface area (Å²) < 4.78 is 0.851. The van der Waals surface area contributed by atoms with Gasteiger partial charge in [0.05, 0.1) is 0 Å². The Morgan fingerprint density at radius 2 is 1.95 bits per heavy atom. The molecule has 21 heavy (non-hydrogen) atoms. The molecular weight excluding hydrogens is 334 g/mol. The summed E-state index contributed by atoms with van der Waals surface area (Å²) in [5.74, 6) is -0.0404. The van der Waals surface area contributed by atoms with Crippen molar-refractivity contribution in [1.82, 2.24) is 0 Å². The second-order valence-electron chi connectivity index (χ2n) is 4.43. The van der Waals surface area contributed by atoms with Crippen molar-refractivity contribution in [3.8, 4) is 0 Å². The van der Waals surface area contributed by atoms with E-state index in [4.69, 9.17) is 10.9 Å². The van der Waals surface area contributed by atoms with Crippen LogP contribution in [0, 0.1) is 0 Å². The first-order valence-electron chi connectivity index (χ1n) is 6.21. The summed E-state index contributed by atoms with van der Waals surface area (Å²) in [6.45, 7) is 0. The van der Waals surface area contributed by atoms with E-state index in [2.05, 4.69) is 26.4 Å². The van der Waals surface area contributed by atoms with Crippen LogP contribution >= 0.6 is 15.9 Å². The lowest BCUT2D eigenvalue weighted by Gasteiger charge is -2.07. The first kappa shape index (κ1) is 15.1. The first-order chi connectivity index (χ1) is 10.1. The van der Waals surface area contributed by atoms with Crippen molar-refractivity contribution >= 4 is 33.4 Å². The maximum absolute atomic E-state index is 12.1. The normalized spacial score (nSPS) is 11.2. The van der Waals surface area contributed by atoms with Crippen molar-refractivity contribution in [2.45, 2.75) is 6.42 Å². The highest BCUT2D eigenvalue weighted by atomic mass is 79.9. The summed E-state index contributed by atoms with van der Waals surface area (Å²) in [5.41, 5.74) is 7.59. The molecule has 0 atom stereocenters. The molecule has 0 aliphatic heterocycles. The second kappa shape index (κ2) is 6.90. The molecule has 0 bridgehead atoms. The van der Waals surface area contributed by atoms with Gasteiger partial charge in [0.25, 0.3) is 5.91 Å². The third kappa shape index (κ3) is 4.32. The van der Waals surface area contributed by atoms with Crippen LogP contribution < -0.4 is 11.1 Å². The van der Waals surface area contributed by atoms with E-state index in [1.54, 1.807) is 30.3 Å². The highest BCUT2D eigenvalue weighted by Crippen LogP contribution is 2.15. The molecule has 0 radical (unpaired) electrons. The van der Waals surface area contributed by atoms with E-state index in [0.29, 0.717) is 17.7 Å². The molecule has 0 heterocycles. The van der Waals surface area contributed by atoms with Crippen molar-refractivity contribution in [1.29, 1.82) is 0 Å². The SMILES string of the molecule is NC(Cc1ccc(NC(=O)c2cccc(Br)c2)cc1)=NO. The minimum atomic E-state index is -0.180. The van der Waals surface area contributed by atoms with Gasteiger partial charge in [-0.15, -0.1) is 0 Å². The van der Waals surface area contributed by atoms with Crippen LogP contribution in [0.25, 0.3) is 0 Å². The van der Waals surface area contributed by atoms with E-state index in [1.807, 2.05) is 18.2 Å². The van der Waals surface area contributed by atoms with E-state index in [9.17, 15) is 4.79 Å². The number of carbonyl (C=O) groups excluding carboxylic acids is 1. The van der Waals surface area contributed by atoms with Crippen molar-refractivity contribution in [2.75, 3.05) is 5.32 Å². The van der Waals surface area contributed by atoms with Crippen LogP contribution in [0.4, 0.5) is 5.69 Å². The standard InChI is InChI=1S/C15H14BrN3O2/c16-12-3-1-2-11(9-12)15(20)18-13-6-4-10(5-7-13)8-14(17)19-21/h1-7,9,21H,8H2,(H2,17,19)(H,18,20). The molecule has 2 aromatic carbocycles. The fraction of sp³-hybridized carbons (Fsp3) is 0.0667. The molecule has 0 saturated carbocycles. The molecule has 0 spiro atoms. The number of nitrogens with one attached hydrogen (secondary N) is 1. The smallest absolute Gasteiger partial charge is 0.255 e. The maximum atomic E-state index is 12.1. The number of benzene rings is 2. The average molecular weight is 348 g/mol. The first-order valence-corrected chi connectivity index (χ1v) is 7.00. The third-order valence-corrected chi connectivity index (χ3v) is 3.31. The molecule has 0 unspecified atom stereocenters. The summed E-state index contributed by atoms with van der Waals surface area (Å²) in [6.07, 6.45) is 0.357. The number of rotatable bonds is 4. The summed E-state index contributed by atoms with van der Waals surface area (Å²) in [7, 11) is 0. The fourth-order valence-corrected chi connectivity index (χ4v) is 2.18. The zero-order valence-electron chi connectivity index (χ0n) is 11.1. The van der Waals surface area contributed by atoms with Gasteiger partial charge >= 0.3 is 0 Å². The van der Waals surface area contributed by atoms with Gasteiger partial charge in [0.2, 0.25) is 0 Å². The van der Waals surface area contributed by atoms with Gasteiger partial charge in [-0.3, -0.25) is 4.79 Å². The number of amides is 1. The Morgan fingerprint density at radius 3 is 2.57 bits per heavy atom. The summed E-state index contributed by atoms with van der Waals surface area (Å²) in [4.78, 5) is 12.1. The van der Waals surface area contributed by atoms with Gasteiger partial charge in [-0.25, -0.2) is 0 Å². The van der Waals surface area contributed by atoms with E-state index in [0.717, 1.165) is 10.0 Å². The van der Waals surface area contributed by atoms with Gasteiger partial charge in [-0.1, -0.05) is 39.3 Å². The summed E-state index contributed by atoms with van der Waals surface area (Å²) in [5, 5.41) is 14.3. The van der Waals surface area contributed by atoms with Crippen LogP contribution in [0.3, 0.4) is 0 Å². The number of carbonyl (C=O) groups is 1. The molecular formula is C15H14BrN3O2. The number of oxime groups is 1. The zero-order chi connectivity index (χ0) is 15.2. The van der Waals surface area contributed by atoms with Gasteiger partial charge in [0.15, 0.2) is 0 Å².